The van der Waals surface area contributed by atoms with Crippen LogP contribution in [0, 0.1) is 11.6 Å². The molecule has 0 spiro atoms. The first kappa shape index (κ1) is 12.8. The maximum atomic E-state index is 13.6. The lowest BCUT2D eigenvalue weighted by atomic mass is 10.0. The summed E-state index contributed by atoms with van der Waals surface area (Å²) >= 11 is 0. The molecule has 0 bridgehead atoms. The average molecular weight is 266 g/mol. The van der Waals surface area contributed by atoms with E-state index in [1.54, 1.807) is 0 Å². The molecule has 0 unspecified atom stereocenters. The van der Waals surface area contributed by atoms with Crippen molar-refractivity contribution >= 4 is 5.97 Å². The van der Waals surface area contributed by atoms with E-state index in [-0.39, 0.29) is 11.1 Å². The minimum Gasteiger partial charge on any atom is -0.504 e. The summed E-state index contributed by atoms with van der Waals surface area (Å²) < 4.78 is 26.4. The number of hydrogen-bond donors (Lipinski definition) is 3. The van der Waals surface area contributed by atoms with Gasteiger partial charge in [-0.05, 0) is 29.8 Å². The van der Waals surface area contributed by atoms with Crippen LogP contribution in [-0.4, -0.2) is 21.3 Å². The smallest absolute Gasteiger partial charge is 0.339 e. The van der Waals surface area contributed by atoms with E-state index < -0.39 is 34.7 Å². The number of hydrogen-bond acceptors (Lipinski definition) is 3. The van der Waals surface area contributed by atoms with Gasteiger partial charge in [0.15, 0.2) is 11.5 Å². The first-order valence-corrected chi connectivity index (χ1v) is 5.15. The van der Waals surface area contributed by atoms with Crippen molar-refractivity contribution in [1.29, 1.82) is 0 Å². The van der Waals surface area contributed by atoms with Crippen LogP contribution in [0.5, 0.6) is 11.5 Å². The summed E-state index contributed by atoms with van der Waals surface area (Å²) in [5.74, 6) is -4.65. The molecule has 2 aromatic carbocycles. The highest BCUT2D eigenvalue weighted by molar-refractivity contribution is 5.94. The van der Waals surface area contributed by atoms with Crippen LogP contribution in [0.25, 0.3) is 11.1 Å². The summed E-state index contributed by atoms with van der Waals surface area (Å²) in [5, 5.41) is 27.6. The van der Waals surface area contributed by atoms with Gasteiger partial charge >= 0.3 is 5.97 Å². The number of halogens is 2. The van der Waals surface area contributed by atoms with E-state index in [0.29, 0.717) is 6.07 Å². The van der Waals surface area contributed by atoms with Crippen molar-refractivity contribution in [2.24, 2.45) is 0 Å². The zero-order valence-electron chi connectivity index (χ0n) is 9.39. The van der Waals surface area contributed by atoms with E-state index >= 15 is 0 Å². The standard InChI is InChI=1S/C13H8F2O4/c14-7-1-2-8(10(15)5-7)6-3-9(13(18)19)12(17)11(16)4-6/h1-5,16-17H,(H,18,19). The van der Waals surface area contributed by atoms with Gasteiger partial charge in [0.2, 0.25) is 0 Å². The molecule has 0 atom stereocenters. The molecule has 19 heavy (non-hydrogen) atoms. The number of aromatic carboxylic acids is 1. The Morgan fingerprint density at radius 2 is 1.74 bits per heavy atom. The van der Waals surface area contributed by atoms with Crippen molar-refractivity contribution in [3.05, 3.63) is 47.5 Å². The van der Waals surface area contributed by atoms with Gasteiger partial charge in [-0.2, -0.15) is 0 Å². The van der Waals surface area contributed by atoms with E-state index in [9.17, 15) is 23.8 Å². The Morgan fingerprint density at radius 1 is 1.05 bits per heavy atom. The monoisotopic (exact) mass is 266 g/mol. The molecule has 0 heterocycles. The van der Waals surface area contributed by atoms with Gasteiger partial charge in [0.1, 0.15) is 17.2 Å². The summed E-state index contributed by atoms with van der Waals surface area (Å²) in [7, 11) is 0. The second kappa shape index (κ2) is 4.56. The highest BCUT2D eigenvalue weighted by Gasteiger charge is 2.17. The van der Waals surface area contributed by atoms with Crippen LogP contribution in [0.15, 0.2) is 30.3 Å². The lowest BCUT2D eigenvalue weighted by Gasteiger charge is -2.08. The molecule has 0 saturated carbocycles. The number of rotatable bonds is 2. The van der Waals surface area contributed by atoms with E-state index in [4.69, 9.17) is 5.11 Å². The van der Waals surface area contributed by atoms with E-state index in [2.05, 4.69) is 0 Å². The minimum absolute atomic E-state index is 0.0187. The van der Waals surface area contributed by atoms with Crippen molar-refractivity contribution in [3.63, 3.8) is 0 Å². The Labute approximate surface area is 106 Å². The maximum Gasteiger partial charge on any atom is 0.339 e. The largest absolute Gasteiger partial charge is 0.504 e. The first-order valence-electron chi connectivity index (χ1n) is 5.15. The number of aromatic hydroxyl groups is 2. The number of carbonyl (C=O) groups is 1. The molecule has 0 fully saturated rings. The number of carboxylic acids is 1. The third kappa shape index (κ3) is 2.33. The lowest BCUT2D eigenvalue weighted by Crippen LogP contribution is -1.98. The Morgan fingerprint density at radius 3 is 2.32 bits per heavy atom. The van der Waals surface area contributed by atoms with Crippen molar-refractivity contribution < 1.29 is 28.9 Å². The molecule has 6 heteroatoms. The zero-order valence-corrected chi connectivity index (χ0v) is 9.39. The zero-order chi connectivity index (χ0) is 14.2. The fraction of sp³-hybridized carbons (Fsp3) is 0. The first-order chi connectivity index (χ1) is 8.90. The maximum absolute atomic E-state index is 13.6. The highest BCUT2D eigenvalue weighted by atomic mass is 19.1. The van der Waals surface area contributed by atoms with Crippen molar-refractivity contribution in [3.8, 4) is 22.6 Å². The molecule has 4 nitrogen and oxygen atoms in total. The Bertz CT molecular complexity index is 668. The second-order valence-corrected chi connectivity index (χ2v) is 3.82. The summed E-state index contributed by atoms with van der Waals surface area (Å²) in [6.45, 7) is 0. The minimum atomic E-state index is -1.47. The lowest BCUT2D eigenvalue weighted by molar-refractivity contribution is 0.0693. The summed E-state index contributed by atoms with van der Waals surface area (Å²) in [4.78, 5) is 10.9. The topological polar surface area (TPSA) is 77.8 Å². The third-order valence-electron chi connectivity index (χ3n) is 2.56. The molecule has 0 saturated heterocycles. The fourth-order valence-electron chi connectivity index (χ4n) is 1.66. The molecular formula is C13H8F2O4. The molecule has 0 aliphatic rings. The molecular weight excluding hydrogens is 258 g/mol. The van der Waals surface area contributed by atoms with Gasteiger partial charge < -0.3 is 15.3 Å². The number of benzene rings is 2. The van der Waals surface area contributed by atoms with Gasteiger partial charge in [0.25, 0.3) is 0 Å². The average Bonchev–Trinajstić information content (AvgIpc) is 2.32. The van der Waals surface area contributed by atoms with E-state index in [0.717, 1.165) is 24.3 Å². The van der Waals surface area contributed by atoms with Crippen LogP contribution in [0.3, 0.4) is 0 Å². The van der Waals surface area contributed by atoms with Gasteiger partial charge in [-0.1, -0.05) is 0 Å². The van der Waals surface area contributed by atoms with Crippen molar-refractivity contribution in [1.82, 2.24) is 0 Å². The Balaban J connectivity index is 2.66. The quantitative estimate of drug-likeness (QED) is 0.730. The van der Waals surface area contributed by atoms with E-state index in [1.807, 2.05) is 0 Å². The van der Waals surface area contributed by atoms with Crippen LogP contribution in [-0.2, 0) is 0 Å². The third-order valence-corrected chi connectivity index (χ3v) is 2.56. The van der Waals surface area contributed by atoms with Gasteiger partial charge in [-0.25, -0.2) is 13.6 Å². The highest BCUT2D eigenvalue weighted by Crippen LogP contribution is 2.35. The van der Waals surface area contributed by atoms with Crippen LogP contribution >= 0.6 is 0 Å². The van der Waals surface area contributed by atoms with Crippen LogP contribution in [0.1, 0.15) is 10.4 Å². The van der Waals surface area contributed by atoms with Crippen molar-refractivity contribution in [2.45, 2.75) is 0 Å². The Kier molecular flexibility index (Phi) is 3.08. The second-order valence-electron chi connectivity index (χ2n) is 3.82. The van der Waals surface area contributed by atoms with Crippen LogP contribution in [0.4, 0.5) is 8.78 Å². The summed E-state index contributed by atoms with van der Waals surface area (Å²) in [6.07, 6.45) is 0. The van der Waals surface area contributed by atoms with Gasteiger partial charge in [0, 0.05) is 11.6 Å². The number of carboxylic acid groups (broad SMARTS) is 1. The molecule has 0 amide bonds. The summed E-state index contributed by atoms with van der Waals surface area (Å²) in [5.41, 5.74) is -0.636. The SMILES string of the molecule is O=C(O)c1cc(-c2ccc(F)cc2F)cc(O)c1O. The fourth-order valence-corrected chi connectivity index (χ4v) is 1.66. The molecule has 2 rings (SSSR count). The predicted octanol–water partition coefficient (Wildman–Crippen LogP) is 2.74. The predicted molar refractivity (Wildman–Crippen MR) is 62.1 cm³/mol. The molecule has 2 aromatic rings. The van der Waals surface area contributed by atoms with Crippen molar-refractivity contribution in [2.75, 3.05) is 0 Å². The van der Waals surface area contributed by atoms with Gasteiger partial charge in [-0.3, -0.25) is 0 Å². The summed E-state index contributed by atoms with van der Waals surface area (Å²) in [6, 6.07) is 4.75. The number of phenolic OH excluding ortho intramolecular Hbond substituents is 1. The molecule has 98 valence electrons. The van der Waals surface area contributed by atoms with Gasteiger partial charge in [0.05, 0.1) is 0 Å². The van der Waals surface area contributed by atoms with Crippen LogP contribution < -0.4 is 0 Å². The molecule has 0 radical (unpaired) electrons. The van der Waals surface area contributed by atoms with Gasteiger partial charge in [-0.15, -0.1) is 0 Å². The number of phenols is 2. The molecule has 3 N–H and O–H groups in total. The molecule has 0 aromatic heterocycles. The van der Waals surface area contributed by atoms with E-state index in [1.165, 1.54) is 0 Å². The molecule has 0 aliphatic heterocycles. The Hall–Kier alpha value is -2.63. The van der Waals surface area contributed by atoms with Crippen LogP contribution in [0.2, 0.25) is 0 Å². The molecule has 0 aliphatic carbocycles. The normalized spacial score (nSPS) is 10.4.